The van der Waals surface area contributed by atoms with Crippen LogP contribution in [0.1, 0.15) is 29.5 Å². The van der Waals surface area contributed by atoms with Crippen molar-refractivity contribution in [1.29, 1.82) is 0 Å². The van der Waals surface area contributed by atoms with E-state index in [9.17, 15) is 8.42 Å². The SMILES string of the molecule is COc1ccc(Cl)cc1NS(=O)(=O)c1ccc2c(c1)[C@H]1C=CC[C@H]1[C@@H](c1cccc(Cl)c1)N2. The number of anilines is 2. The van der Waals surface area contributed by atoms with Crippen molar-refractivity contribution >= 4 is 44.6 Å². The number of allylic oxidation sites excluding steroid dienone is 2. The minimum atomic E-state index is -3.85. The number of fused-ring (bicyclic) bond motifs is 3. The highest BCUT2D eigenvalue weighted by atomic mass is 35.5. The topological polar surface area (TPSA) is 67.4 Å². The maximum absolute atomic E-state index is 13.2. The number of methoxy groups -OCH3 is 1. The van der Waals surface area contributed by atoms with Crippen molar-refractivity contribution in [3.8, 4) is 5.75 Å². The number of ether oxygens (including phenoxy) is 1. The smallest absolute Gasteiger partial charge is 0.262 e. The molecule has 0 aromatic heterocycles. The van der Waals surface area contributed by atoms with Crippen LogP contribution >= 0.6 is 23.2 Å². The Bertz CT molecular complexity index is 1360. The summed E-state index contributed by atoms with van der Waals surface area (Å²) in [5.41, 5.74) is 3.30. The predicted octanol–water partition coefficient (Wildman–Crippen LogP) is 6.63. The van der Waals surface area contributed by atoms with Crippen molar-refractivity contribution in [3.63, 3.8) is 0 Å². The van der Waals surface area contributed by atoms with Crippen molar-refractivity contribution in [2.75, 3.05) is 17.1 Å². The molecule has 3 atom stereocenters. The quantitative estimate of drug-likeness (QED) is 0.385. The van der Waals surface area contributed by atoms with E-state index in [1.165, 1.54) is 13.2 Å². The first kappa shape index (κ1) is 22.1. The van der Waals surface area contributed by atoms with Gasteiger partial charge in [0.2, 0.25) is 0 Å². The number of benzene rings is 3. The summed E-state index contributed by atoms with van der Waals surface area (Å²) in [4.78, 5) is 0.185. The highest BCUT2D eigenvalue weighted by Gasteiger charge is 2.38. The van der Waals surface area contributed by atoms with Gasteiger partial charge in [0.05, 0.1) is 23.7 Å². The van der Waals surface area contributed by atoms with E-state index in [4.69, 9.17) is 27.9 Å². The summed E-state index contributed by atoms with van der Waals surface area (Å²) < 4.78 is 34.3. The van der Waals surface area contributed by atoms with Gasteiger partial charge in [-0.2, -0.15) is 0 Å². The predicted molar refractivity (Wildman–Crippen MR) is 133 cm³/mol. The van der Waals surface area contributed by atoms with Gasteiger partial charge in [-0.25, -0.2) is 8.42 Å². The van der Waals surface area contributed by atoms with E-state index in [1.54, 1.807) is 24.3 Å². The lowest BCUT2D eigenvalue weighted by Crippen LogP contribution is -2.29. The summed E-state index contributed by atoms with van der Waals surface area (Å²) in [7, 11) is -2.37. The van der Waals surface area contributed by atoms with Gasteiger partial charge in [-0.05, 0) is 72.0 Å². The van der Waals surface area contributed by atoms with E-state index in [0.717, 1.165) is 23.2 Å². The van der Waals surface area contributed by atoms with E-state index in [0.29, 0.717) is 21.5 Å². The lowest BCUT2D eigenvalue weighted by atomic mass is 9.77. The molecule has 0 radical (unpaired) electrons. The third-order valence-corrected chi connectivity index (χ3v) is 8.09. The second-order valence-corrected chi connectivity index (χ2v) is 10.8. The van der Waals surface area contributed by atoms with Gasteiger partial charge in [-0.15, -0.1) is 0 Å². The van der Waals surface area contributed by atoms with Gasteiger partial charge in [0.15, 0.2) is 0 Å². The first-order valence-electron chi connectivity index (χ1n) is 10.5. The minimum absolute atomic E-state index is 0.0903. The Hall–Kier alpha value is -2.67. The van der Waals surface area contributed by atoms with Gasteiger partial charge in [-0.3, -0.25) is 4.72 Å². The van der Waals surface area contributed by atoms with Crippen molar-refractivity contribution in [3.05, 3.63) is 94.0 Å². The fourth-order valence-electron chi connectivity index (χ4n) is 4.73. The van der Waals surface area contributed by atoms with Crippen molar-refractivity contribution in [2.45, 2.75) is 23.3 Å². The van der Waals surface area contributed by atoms with Crippen LogP contribution in [0.4, 0.5) is 11.4 Å². The number of halogens is 2. The second-order valence-electron chi connectivity index (χ2n) is 8.23. The monoisotopic (exact) mass is 500 g/mol. The second kappa shape index (κ2) is 8.60. The maximum Gasteiger partial charge on any atom is 0.262 e. The van der Waals surface area contributed by atoms with Gasteiger partial charge in [0.25, 0.3) is 10.0 Å². The largest absolute Gasteiger partial charge is 0.495 e. The molecule has 0 unspecified atom stereocenters. The van der Waals surface area contributed by atoms with Crippen LogP contribution < -0.4 is 14.8 Å². The maximum atomic E-state index is 13.2. The Morgan fingerprint density at radius 1 is 1.03 bits per heavy atom. The van der Waals surface area contributed by atoms with Crippen LogP contribution in [-0.2, 0) is 10.0 Å². The molecule has 0 spiro atoms. The van der Waals surface area contributed by atoms with Crippen LogP contribution in [0.3, 0.4) is 0 Å². The first-order valence-corrected chi connectivity index (χ1v) is 12.8. The van der Waals surface area contributed by atoms with Crippen LogP contribution in [0.15, 0.2) is 77.7 Å². The Morgan fingerprint density at radius 3 is 2.64 bits per heavy atom. The van der Waals surface area contributed by atoms with Crippen molar-refractivity contribution in [1.82, 2.24) is 0 Å². The third-order valence-electron chi connectivity index (χ3n) is 6.26. The Labute approximate surface area is 203 Å². The molecule has 33 heavy (non-hydrogen) atoms. The molecular weight excluding hydrogens is 479 g/mol. The summed E-state index contributed by atoms with van der Waals surface area (Å²) in [6.45, 7) is 0. The molecule has 1 heterocycles. The number of hydrogen-bond donors (Lipinski definition) is 2. The average molecular weight is 501 g/mol. The van der Waals surface area contributed by atoms with Gasteiger partial charge in [0.1, 0.15) is 5.75 Å². The van der Waals surface area contributed by atoms with Crippen LogP contribution in [0.5, 0.6) is 5.75 Å². The summed E-state index contributed by atoms with van der Waals surface area (Å²) >= 11 is 12.3. The fourth-order valence-corrected chi connectivity index (χ4v) is 6.20. The minimum Gasteiger partial charge on any atom is -0.495 e. The van der Waals surface area contributed by atoms with Crippen LogP contribution in [0.25, 0.3) is 0 Å². The summed E-state index contributed by atoms with van der Waals surface area (Å²) in [6, 6.07) is 18.0. The number of nitrogens with one attached hydrogen (secondary N) is 2. The van der Waals surface area contributed by atoms with E-state index >= 15 is 0 Å². The number of sulfonamides is 1. The molecule has 2 aliphatic rings. The van der Waals surface area contributed by atoms with Gasteiger partial charge in [0, 0.05) is 21.7 Å². The van der Waals surface area contributed by atoms with Crippen LogP contribution in [-0.4, -0.2) is 15.5 Å². The van der Waals surface area contributed by atoms with E-state index in [1.807, 2.05) is 24.3 Å². The first-order chi connectivity index (χ1) is 15.9. The number of hydrogen-bond acceptors (Lipinski definition) is 4. The molecule has 0 bridgehead atoms. The van der Waals surface area contributed by atoms with E-state index in [-0.39, 0.29) is 22.8 Å². The zero-order valence-electron chi connectivity index (χ0n) is 17.8. The van der Waals surface area contributed by atoms with Gasteiger partial charge in [-0.1, -0.05) is 47.5 Å². The molecular formula is C25H22Cl2N2O3S. The van der Waals surface area contributed by atoms with Gasteiger partial charge < -0.3 is 10.1 Å². The molecule has 5 nitrogen and oxygen atoms in total. The number of rotatable bonds is 5. The molecule has 0 saturated carbocycles. The molecule has 0 saturated heterocycles. The standard InChI is InChI=1S/C25H22Cl2N2O3S/c1-32-24-11-8-17(27)13-23(24)29-33(30,31)18-9-10-22-21(14-18)19-6-3-7-20(19)25(28-22)15-4-2-5-16(26)12-15/h2-6,8-14,19-20,25,28-29H,7H2,1H3/t19-,20+,25+/m0/s1. The molecule has 2 N–H and O–H groups in total. The molecule has 1 aliphatic carbocycles. The van der Waals surface area contributed by atoms with E-state index in [2.05, 4.69) is 28.3 Å². The molecule has 0 amide bonds. The molecule has 3 aromatic carbocycles. The molecule has 3 aromatic rings. The Kier molecular flexibility index (Phi) is 5.77. The third kappa shape index (κ3) is 4.19. The van der Waals surface area contributed by atoms with Crippen LogP contribution in [0, 0.1) is 5.92 Å². The lowest BCUT2D eigenvalue weighted by molar-refractivity contribution is 0.417. The molecule has 5 rings (SSSR count). The molecule has 8 heteroatoms. The zero-order chi connectivity index (χ0) is 23.2. The highest BCUT2D eigenvalue weighted by molar-refractivity contribution is 7.92. The Balaban J connectivity index is 1.50. The fraction of sp³-hybridized carbons (Fsp3) is 0.200. The highest BCUT2D eigenvalue weighted by Crippen LogP contribution is 2.50. The lowest BCUT2D eigenvalue weighted by Gasteiger charge is -2.37. The van der Waals surface area contributed by atoms with Gasteiger partial charge >= 0.3 is 0 Å². The normalized spacial score (nSPS) is 21.1. The zero-order valence-corrected chi connectivity index (χ0v) is 20.1. The molecule has 0 fully saturated rings. The summed E-state index contributed by atoms with van der Waals surface area (Å²) in [6.07, 6.45) is 5.24. The summed E-state index contributed by atoms with van der Waals surface area (Å²) in [5.74, 6) is 0.779. The average Bonchev–Trinajstić information content (AvgIpc) is 3.28. The molecule has 170 valence electrons. The van der Waals surface area contributed by atoms with E-state index < -0.39 is 10.0 Å². The summed E-state index contributed by atoms with van der Waals surface area (Å²) in [5, 5.41) is 4.73. The van der Waals surface area contributed by atoms with Crippen molar-refractivity contribution < 1.29 is 13.2 Å². The Morgan fingerprint density at radius 2 is 1.85 bits per heavy atom. The molecule has 1 aliphatic heterocycles. The van der Waals surface area contributed by atoms with Crippen molar-refractivity contribution in [2.24, 2.45) is 5.92 Å². The van der Waals surface area contributed by atoms with Crippen LogP contribution in [0.2, 0.25) is 10.0 Å².